The van der Waals surface area contributed by atoms with Crippen LogP contribution in [0.1, 0.15) is 12.0 Å². The summed E-state index contributed by atoms with van der Waals surface area (Å²) in [5.74, 6) is -0.701. The zero-order valence-corrected chi connectivity index (χ0v) is 8.14. The summed E-state index contributed by atoms with van der Waals surface area (Å²) < 4.78 is 0. The molecule has 1 atom stereocenters. The molecule has 0 radical (unpaired) electrons. The summed E-state index contributed by atoms with van der Waals surface area (Å²) in [4.78, 5) is 22.1. The highest BCUT2D eigenvalue weighted by molar-refractivity contribution is 6.04. The summed E-state index contributed by atoms with van der Waals surface area (Å²) in [7, 11) is 0. The molecule has 1 aliphatic heterocycles. The van der Waals surface area contributed by atoms with E-state index in [1.807, 2.05) is 36.4 Å². The molecule has 1 aliphatic rings. The Bertz CT molecular complexity index is 409. The Labute approximate surface area is 87.8 Å². The van der Waals surface area contributed by atoms with Crippen molar-refractivity contribution in [2.24, 2.45) is 5.92 Å². The van der Waals surface area contributed by atoms with Crippen molar-refractivity contribution >= 4 is 17.9 Å². The monoisotopic (exact) mass is 201 g/mol. The van der Waals surface area contributed by atoms with Crippen molar-refractivity contribution in [1.29, 1.82) is 0 Å². The lowest BCUT2D eigenvalue weighted by atomic mass is 10.1. The van der Waals surface area contributed by atoms with Crippen LogP contribution in [0.5, 0.6) is 0 Å². The van der Waals surface area contributed by atoms with E-state index in [1.165, 1.54) is 0 Å². The zero-order valence-electron chi connectivity index (χ0n) is 8.14. The van der Waals surface area contributed by atoms with Crippen LogP contribution in [-0.2, 0) is 9.59 Å². The third kappa shape index (κ3) is 2.31. The lowest BCUT2D eigenvalue weighted by molar-refractivity contribution is -0.125. The van der Waals surface area contributed by atoms with Crippen molar-refractivity contribution < 1.29 is 9.59 Å². The van der Waals surface area contributed by atoms with Crippen molar-refractivity contribution in [3.05, 3.63) is 42.0 Å². The number of hydrogen-bond acceptors (Lipinski definition) is 2. The number of hydrogen-bond donors (Lipinski definition) is 1. The van der Waals surface area contributed by atoms with Crippen LogP contribution in [0, 0.1) is 5.92 Å². The van der Waals surface area contributed by atoms with E-state index in [4.69, 9.17) is 0 Å². The zero-order chi connectivity index (χ0) is 10.7. The number of benzene rings is 1. The molecule has 1 heterocycles. The van der Waals surface area contributed by atoms with Crippen molar-refractivity contribution in [1.82, 2.24) is 5.32 Å². The molecule has 2 rings (SSSR count). The van der Waals surface area contributed by atoms with Gasteiger partial charge in [-0.25, -0.2) is 0 Å². The van der Waals surface area contributed by atoms with E-state index < -0.39 is 0 Å². The fraction of sp³-hybridized carbons (Fsp3) is 0.167. The molecule has 0 bridgehead atoms. The predicted molar refractivity (Wildman–Crippen MR) is 56.7 cm³/mol. The summed E-state index contributed by atoms with van der Waals surface area (Å²) in [6.07, 6.45) is 3.90. The third-order valence-corrected chi connectivity index (χ3v) is 2.33. The van der Waals surface area contributed by atoms with Gasteiger partial charge < -0.3 is 0 Å². The van der Waals surface area contributed by atoms with Crippen LogP contribution in [0.2, 0.25) is 0 Å². The molecule has 2 amide bonds. The first kappa shape index (κ1) is 9.65. The minimum Gasteiger partial charge on any atom is -0.296 e. The third-order valence-electron chi connectivity index (χ3n) is 2.33. The van der Waals surface area contributed by atoms with E-state index in [1.54, 1.807) is 6.08 Å². The Hall–Kier alpha value is -1.90. The summed E-state index contributed by atoms with van der Waals surface area (Å²) in [6.45, 7) is 0. The van der Waals surface area contributed by atoms with Crippen LogP contribution in [0.25, 0.3) is 6.08 Å². The number of imide groups is 1. The molecule has 1 saturated heterocycles. The Balaban J connectivity index is 2.06. The molecule has 0 aromatic heterocycles. The highest BCUT2D eigenvalue weighted by Crippen LogP contribution is 2.14. The predicted octanol–water partition coefficient (Wildman–Crippen LogP) is 1.36. The van der Waals surface area contributed by atoms with Crippen molar-refractivity contribution in [3.8, 4) is 0 Å². The maximum atomic E-state index is 11.2. The molecule has 1 fully saturated rings. The summed E-state index contributed by atoms with van der Waals surface area (Å²) in [6, 6.07) is 9.69. The fourth-order valence-electron chi connectivity index (χ4n) is 1.52. The number of carbonyl (C=O) groups excluding carboxylic acids is 2. The van der Waals surface area contributed by atoms with Gasteiger partial charge in [-0.05, 0) is 5.56 Å². The molecule has 0 aliphatic carbocycles. The van der Waals surface area contributed by atoms with E-state index in [2.05, 4.69) is 5.32 Å². The van der Waals surface area contributed by atoms with Crippen molar-refractivity contribution in [3.63, 3.8) is 0 Å². The van der Waals surface area contributed by atoms with Crippen LogP contribution >= 0.6 is 0 Å². The highest BCUT2D eigenvalue weighted by Gasteiger charge is 2.27. The maximum Gasteiger partial charge on any atom is 0.234 e. The molecular weight excluding hydrogens is 190 g/mol. The lowest BCUT2D eigenvalue weighted by Crippen LogP contribution is -2.21. The molecule has 1 aromatic rings. The Morgan fingerprint density at radius 1 is 1.20 bits per heavy atom. The minimum atomic E-state index is -0.308. The van der Waals surface area contributed by atoms with Gasteiger partial charge in [0.05, 0.1) is 5.92 Å². The van der Waals surface area contributed by atoms with E-state index in [-0.39, 0.29) is 24.2 Å². The van der Waals surface area contributed by atoms with Crippen molar-refractivity contribution in [2.45, 2.75) is 6.42 Å². The van der Waals surface area contributed by atoms with Crippen LogP contribution in [-0.4, -0.2) is 11.8 Å². The van der Waals surface area contributed by atoms with Gasteiger partial charge >= 0.3 is 0 Å². The van der Waals surface area contributed by atoms with E-state index in [0.29, 0.717) is 0 Å². The average Bonchev–Trinajstić information content (AvgIpc) is 2.56. The van der Waals surface area contributed by atoms with E-state index in [9.17, 15) is 9.59 Å². The second-order valence-electron chi connectivity index (χ2n) is 3.49. The van der Waals surface area contributed by atoms with Crippen LogP contribution < -0.4 is 5.32 Å². The van der Waals surface area contributed by atoms with Gasteiger partial charge in [0.15, 0.2) is 0 Å². The summed E-state index contributed by atoms with van der Waals surface area (Å²) in [5, 5.41) is 2.27. The largest absolute Gasteiger partial charge is 0.296 e. The second-order valence-corrected chi connectivity index (χ2v) is 3.49. The number of carbonyl (C=O) groups is 2. The quantitative estimate of drug-likeness (QED) is 0.734. The van der Waals surface area contributed by atoms with E-state index >= 15 is 0 Å². The van der Waals surface area contributed by atoms with Gasteiger partial charge in [-0.3, -0.25) is 14.9 Å². The molecule has 3 heteroatoms. The van der Waals surface area contributed by atoms with Crippen LogP contribution in [0.3, 0.4) is 0 Å². The summed E-state index contributed by atoms with van der Waals surface area (Å²) >= 11 is 0. The van der Waals surface area contributed by atoms with Crippen molar-refractivity contribution in [2.75, 3.05) is 0 Å². The van der Waals surface area contributed by atoms with Gasteiger partial charge in [-0.15, -0.1) is 0 Å². The van der Waals surface area contributed by atoms with Gasteiger partial charge in [0.1, 0.15) is 0 Å². The number of nitrogens with one attached hydrogen (secondary N) is 1. The molecule has 1 N–H and O–H groups in total. The highest BCUT2D eigenvalue weighted by atomic mass is 16.2. The lowest BCUT2D eigenvalue weighted by Gasteiger charge is -1.96. The minimum absolute atomic E-state index is 0.192. The Morgan fingerprint density at radius 3 is 2.53 bits per heavy atom. The first-order chi connectivity index (χ1) is 7.25. The topological polar surface area (TPSA) is 46.2 Å². The standard InChI is InChI=1S/C12H11NO2/c14-11-8-10(12(15)13-11)7-6-9-4-2-1-3-5-9/h1-7,10H,8H2,(H,13,14,15). The molecule has 0 spiro atoms. The van der Waals surface area contributed by atoms with Gasteiger partial charge in [0.25, 0.3) is 0 Å². The smallest absolute Gasteiger partial charge is 0.234 e. The first-order valence-corrected chi connectivity index (χ1v) is 4.82. The molecular formula is C12H11NO2. The molecule has 1 unspecified atom stereocenters. The SMILES string of the molecule is O=C1CC(C=Cc2ccccc2)C(=O)N1. The first-order valence-electron chi connectivity index (χ1n) is 4.82. The second kappa shape index (κ2) is 4.09. The average molecular weight is 201 g/mol. The Kier molecular flexibility index (Phi) is 2.63. The molecule has 76 valence electrons. The fourth-order valence-corrected chi connectivity index (χ4v) is 1.52. The summed E-state index contributed by atoms with van der Waals surface area (Å²) in [5.41, 5.74) is 1.03. The molecule has 3 nitrogen and oxygen atoms in total. The van der Waals surface area contributed by atoms with Gasteiger partial charge in [0.2, 0.25) is 11.8 Å². The van der Waals surface area contributed by atoms with Gasteiger partial charge in [0, 0.05) is 6.42 Å². The van der Waals surface area contributed by atoms with Crippen LogP contribution in [0.15, 0.2) is 36.4 Å². The van der Waals surface area contributed by atoms with Gasteiger partial charge in [-0.2, -0.15) is 0 Å². The maximum absolute atomic E-state index is 11.2. The van der Waals surface area contributed by atoms with Gasteiger partial charge in [-0.1, -0.05) is 42.5 Å². The van der Waals surface area contributed by atoms with Crippen LogP contribution in [0.4, 0.5) is 0 Å². The number of rotatable bonds is 2. The molecule has 1 aromatic carbocycles. The molecule has 15 heavy (non-hydrogen) atoms. The normalized spacial score (nSPS) is 20.9. The van der Waals surface area contributed by atoms with E-state index in [0.717, 1.165) is 5.56 Å². The number of amides is 2. The molecule has 0 saturated carbocycles. The Morgan fingerprint density at radius 2 is 1.93 bits per heavy atom.